The van der Waals surface area contributed by atoms with Gasteiger partial charge in [0.2, 0.25) is 11.7 Å². The number of carbonyl (C=O) groups is 2. The summed E-state index contributed by atoms with van der Waals surface area (Å²) in [6.07, 6.45) is 0. The fraction of sp³-hybridized carbons (Fsp3) is 0.333. The van der Waals surface area contributed by atoms with E-state index in [0.717, 1.165) is 5.56 Å². The van der Waals surface area contributed by atoms with E-state index >= 15 is 0 Å². The molecule has 1 unspecified atom stereocenters. The first-order chi connectivity index (χ1) is 13.5. The third-order valence-corrected chi connectivity index (χ3v) is 4.31. The van der Waals surface area contributed by atoms with Crippen molar-refractivity contribution in [2.24, 2.45) is 0 Å². The largest absolute Gasteiger partial charge is 0.493 e. The molecule has 150 valence electrons. The van der Waals surface area contributed by atoms with Crippen LogP contribution in [0.1, 0.15) is 28.8 Å². The molecule has 28 heavy (non-hydrogen) atoms. The molecule has 2 rings (SSSR count). The van der Waals surface area contributed by atoms with E-state index in [-0.39, 0.29) is 18.4 Å². The van der Waals surface area contributed by atoms with E-state index < -0.39 is 5.91 Å². The fourth-order valence-electron chi connectivity index (χ4n) is 2.70. The van der Waals surface area contributed by atoms with E-state index in [1.807, 2.05) is 37.3 Å². The first-order valence-corrected chi connectivity index (χ1v) is 8.90. The predicted molar refractivity (Wildman–Crippen MR) is 106 cm³/mol. The Hall–Kier alpha value is -3.22. The quantitative estimate of drug-likeness (QED) is 0.691. The number of rotatable bonds is 9. The van der Waals surface area contributed by atoms with Crippen molar-refractivity contribution in [1.82, 2.24) is 10.6 Å². The van der Waals surface area contributed by atoms with Gasteiger partial charge in [-0.25, -0.2) is 0 Å². The molecule has 0 aliphatic heterocycles. The van der Waals surface area contributed by atoms with E-state index in [0.29, 0.717) is 29.4 Å². The van der Waals surface area contributed by atoms with Gasteiger partial charge in [-0.2, -0.15) is 0 Å². The summed E-state index contributed by atoms with van der Waals surface area (Å²) in [6.45, 7) is 2.39. The highest BCUT2D eigenvalue weighted by Crippen LogP contribution is 2.38. The van der Waals surface area contributed by atoms with Gasteiger partial charge in [-0.1, -0.05) is 37.3 Å². The van der Waals surface area contributed by atoms with Crippen molar-refractivity contribution >= 4 is 11.8 Å². The third-order valence-electron chi connectivity index (χ3n) is 4.31. The first kappa shape index (κ1) is 21.1. The monoisotopic (exact) mass is 386 g/mol. The van der Waals surface area contributed by atoms with Gasteiger partial charge in [0.15, 0.2) is 11.5 Å². The van der Waals surface area contributed by atoms with Crippen molar-refractivity contribution in [2.75, 3.05) is 34.4 Å². The van der Waals surface area contributed by atoms with Crippen LogP contribution < -0.4 is 24.8 Å². The van der Waals surface area contributed by atoms with Gasteiger partial charge in [0.25, 0.3) is 5.91 Å². The molecule has 2 N–H and O–H groups in total. The van der Waals surface area contributed by atoms with Crippen molar-refractivity contribution in [3.05, 3.63) is 53.6 Å². The molecular formula is C21H26N2O5. The van der Waals surface area contributed by atoms with Gasteiger partial charge in [-0.3, -0.25) is 9.59 Å². The summed E-state index contributed by atoms with van der Waals surface area (Å²) in [5.41, 5.74) is 1.45. The standard InChI is InChI=1S/C21H26N2O5/c1-14(15-8-6-5-7-9-15)12-22-19(24)13-23-21(25)16-10-17(26-2)20(28-4)18(11-16)27-3/h5-11,14H,12-13H2,1-4H3,(H,22,24)(H,23,25). The number of hydrogen-bond donors (Lipinski definition) is 2. The Kier molecular flexibility index (Phi) is 7.68. The summed E-state index contributed by atoms with van der Waals surface area (Å²) in [6, 6.07) is 13.0. The highest BCUT2D eigenvalue weighted by molar-refractivity contribution is 5.97. The van der Waals surface area contributed by atoms with E-state index in [4.69, 9.17) is 14.2 Å². The van der Waals surface area contributed by atoms with Crippen LogP contribution in [0.25, 0.3) is 0 Å². The van der Waals surface area contributed by atoms with Crippen molar-refractivity contribution < 1.29 is 23.8 Å². The maximum atomic E-state index is 12.4. The van der Waals surface area contributed by atoms with Crippen LogP contribution in [0.15, 0.2) is 42.5 Å². The zero-order chi connectivity index (χ0) is 20.5. The predicted octanol–water partition coefficient (Wildman–Crippen LogP) is 2.36. The van der Waals surface area contributed by atoms with Gasteiger partial charge in [0.1, 0.15) is 0 Å². The Morgan fingerprint density at radius 1 is 0.929 bits per heavy atom. The maximum Gasteiger partial charge on any atom is 0.251 e. The summed E-state index contributed by atoms with van der Waals surface area (Å²) in [5.74, 6) is 0.639. The van der Waals surface area contributed by atoms with Gasteiger partial charge in [0.05, 0.1) is 27.9 Å². The van der Waals surface area contributed by atoms with Crippen LogP contribution in [0.2, 0.25) is 0 Å². The van der Waals surface area contributed by atoms with Crippen molar-refractivity contribution in [3.8, 4) is 17.2 Å². The molecule has 0 bridgehead atoms. The molecule has 0 radical (unpaired) electrons. The first-order valence-electron chi connectivity index (χ1n) is 8.90. The Bertz CT molecular complexity index is 783. The highest BCUT2D eigenvalue weighted by atomic mass is 16.5. The second-order valence-corrected chi connectivity index (χ2v) is 6.21. The molecule has 0 saturated carbocycles. The minimum Gasteiger partial charge on any atom is -0.493 e. The van der Waals surface area contributed by atoms with Crippen LogP contribution in [0.4, 0.5) is 0 Å². The molecule has 7 nitrogen and oxygen atoms in total. The highest BCUT2D eigenvalue weighted by Gasteiger charge is 2.17. The van der Waals surface area contributed by atoms with Crippen LogP contribution in [0, 0.1) is 0 Å². The Labute approximate surface area is 165 Å². The molecule has 0 aromatic heterocycles. The molecule has 2 aromatic carbocycles. The van der Waals surface area contributed by atoms with Crippen LogP contribution in [0.3, 0.4) is 0 Å². The zero-order valence-corrected chi connectivity index (χ0v) is 16.6. The maximum absolute atomic E-state index is 12.4. The minimum absolute atomic E-state index is 0.128. The van der Waals surface area contributed by atoms with Crippen LogP contribution >= 0.6 is 0 Å². The van der Waals surface area contributed by atoms with Gasteiger partial charge in [-0.15, -0.1) is 0 Å². The Morgan fingerprint density at radius 2 is 1.54 bits per heavy atom. The Balaban J connectivity index is 1.92. The molecule has 1 atom stereocenters. The lowest BCUT2D eigenvalue weighted by molar-refractivity contribution is -0.120. The molecule has 2 aromatic rings. The van der Waals surface area contributed by atoms with E-state index in [1.165, 1.54) is 33.5 Å². The van der Waals surface area contributed by atoms with Gasteiger partial charge < -0.3 is 24.8 Å². The Morgan fingerprint density at radius 3 is 2.07 bits per heavy atom. The van der Waals surface area contributed by atoms with Crippen LogP contribution in [0.5, 0.6) is 17.2 Å². The van der Waals surface area contributed by atoms with Crippen LogP contribution in [-0.2, 0) is 4.79 Å². The van der Waals surface area contributed by atoms with Gasteiger partial charge in [0, 0.05) is 12.1 Å². The molecule has 0 spiro atoms. The molecule has 2 amide bonds. The fourth-order valence-corrected chi connectivity index (χ4v) is 2.70. The number of amides is 2. The van der Waals surface area contributed by atoms with Gasteiger partial charge in [-0.05, 0) is 23.6 Å². The number of nitrogens with one attached hydrogen (secondary N) is 2. The number of carbonyl (C=O) groups excluding carboxylic acids is 2. The summed E-state index contributed by atoms with van der Waals surface area (Å²) in [5, 5.41) is 5.43. The molecule has 0 aliphatic carbocycles. The van der Waals surface area contributed by atoms with Crippen molar-refractivity contribution in [1.29, 1.82) is 0 Å². The lowest BCUT2D eigenvalue weighted by Gasteiger charge is -2.15. The van der Waals surface area contributed by atoms with Crippen molar-refractivity contribution in [2.45, 2.75) is 12.8 Å². The summed E-state index contributed by atoms with van der Waals surface area (Å²) in [4.78, 5) is 24.5. The topological polar surface area (TPSA) is 85.9 Å². The van der Waals surface area contributed by atoms with Crippen LogP contribution in [-0.4, -0.2) is 46.2 Å². The smallest absolute Gasteiger partial charge is 0.251 e. The molecule has 0 fully saturated rings. The summed E-state index contributed by atoms with van der Waals surface area (Å²) >= 11 is 0. The second kappa shape index (κ2) is 10.2. The molecule has 7 heteroatoms. The van der Waals surface area contributed by atoms with E-state index in [2.05, 4.69) is 10.6 Å². The molecule has 0 heterocycles. The minimum atomic E-state index is -0.412. The van der Waals surface area contributed by atoms with Crippen molar-refractivity contribution in [3.63, 3.8) is 0 Å². The lowest BCUT2D eigenvalue weighted by atomic mass is 10.0. The second-order valence-electron chi connectivity index (χ2n) is 6.21. The molecule has 0 aliphatic rings. The SMILES string of the molecule is COc1cc(C(=O)NCC(=O)NCC(C)c2ccccc2)cc(OC)c1OC. The molecule has 0 saturated heterocycles. The average Bonchev–Trinajstić information content (AvgIpc) is 2.74. The molecular weight excluding hydrogens is 360 g/mol. The number of methoxy groups -OCH3 is 3. The van der Waals surface area contributed by atoms with E-state index in [1.54, 1.807) is 0 Å². The number of benzene rings is 2. The zero-order valence-electron chi connectivity index (χ0n) is 16.6. The lowest BCUT2D eigenvalue weighted by Crippen LogP contribution is -2.38. The normalized spacial score (nSPS) is 11.3. The average molecular weight is 386 g/mol. The summed E-state index contributed by atoms with van der Waals surface area (Å²) < 4.78 is 15.7. The number of ether oxygens (including phenoxy) is 3. The van der Waals surface area contributed by atoms with E-state index in [9.17, 15) is 9.59 Å². The van der Waals surface area contributed by atoms with Gasteiger partial charge >= 0.3 is 0 Å². The third kappa shape index (κ3) is 5.39. The number of hydrogen-bond acceptors (Lipinski definition) is 5. The summed E-state index contributed by atoms with van der Waals surface area (Å²) in [7, 11) is 4.43.